The molecule has 2 aromatic carbocycles. The number of nitrogens with one attached hydrogen (secondary N) is 2. The van der Waals surface area contributed by atoms with Crippen LogP contribution in [0, 0.1) is 0 Å². The van der Waals surface area contributed by atoms with Crippen LogP contribution in [0.1, 0.15) is 18.1 Å². The van der Waals surface area contributed by atoms with E-state index in [1.807, 2.05) is 13.0 Å². The van der Waals surface area contributed by atoms with E-state index in [0.717, 1.165) is 12.0 Å². The van der Waals surface area contributed by atoms with E-state index < -0.39 is 16.1 Å². The van der Waals surface area contributed by atoms with Gasteiger partial charge in [-0.25, -0.2) is 4.79 Å². The van der Waals surface area contributed by atoms with Crippen molar-refractivity contribution in [2.75, 3.05) is 18.9 Å². The summed E-state index contributed by atoms with van der Waals surface area (Å²) in [5.41, 5.74) is 2.14. The Bertz CT molecular complexity index is 1140. The Morgan fingerprint density at radius 3 is 2.62 bits per heavy atom. The molecule has 0 atom stereocenters. The lowest BCUT2D eigenvalue weighted by atomic mass is 10.1. The van der Waals surface area contributed by atoms with E-state index in [0.29, 0.717) is 22.6 Å². The Labute approximate surface area is 168 Å². The quantitative estimate of drug-likeness (QED) is 0.604. The van der Waals surface area contributed by atoms with Crippen molar-refractivity contribution in [2.24, 2.45) is 0 Å². The van der Waals surface area contributed by atoms with Gasteiger partial charge in [-0.1, -0.05) is 24.2 Å². The van der Waals surface area contributed by atoms with Gasteiger partial charge in [0, 0.05) is 7.05 Å². The number of methoxy groups -OCH3 is 1. The highest BCUT2D eigenvalue weighted by atomic mass is 32.2. The van der Waals surface area contributed by atoms with Crippen LogP contribution in [0.3, 0.4) is 0 Å². The average molecular weight is 419 g/mol. The molecule has 0 aliphatic carbocycles. The van der Waals surface area contributed by atoms with Gasteiger partial charge in [-0.3, -0.25) is 4.72 Å². The number of aromatic nitrogens is 1. The van der Waals surface area contributed by atoms with E-state index in [9.17, 15) is 13.2 Å². The van der Waals surface area contributed by atoms with Gasteiger partial charge in [0.2, 0.25) is 5.03 Å². The summed E-state index contributed by atoms with van der Waals surface area (Å²) in [6.45, 7) is 1.94. The van der Waals surface area contributed by atoms with Gasteiger partial charge in [-0.05, 0) is 41.8 Å². The van der Waals surface area contributed by atoms with E-state index in [-0.39, 0.29) is 17.0 Å². The second-order valence-corrected chi connectivity index (χ2v) is 7.74. The summed E-state index contributed by atoms with van der Waals surface area (Å²) in [6, 6.07) is 10.1. The molecule has 0 radical (unpaired) electrons. The SMILES string of the molecule is CCc1ccc(OC)c(NS(=O)(=O)c2noc3ccc(COC(=O)NC)cc23)c1. The number of hydrogen-bond acceptors (Lipinski definition) is 7. The van der Waals surface area contributed by atoms with E-state index >= 15 is 0 Å². The molecule has 0 bridgehead atoms. The topological polar surface area (TPSA) is 120 Å². The van der Waals surface area contributed by atoms with Crippen LogP contribution in [0.15, 0.2) is 45.9 Å². The van der Waals surface area contributed by atoms with Crippen LogP contribution >= 0.6 is 0 Å². The van der Waals surface area contributed by atoms with E-state index in [4.69, 9.17) is 14.0 Å². The predicted octanol–water partition coefficient (Wildman–Crippen LogP) is 3.06. The van der Waals surface area contributed by atoms with Gasteiger partial charge in [0.15, 0.2) is 5.58 Å². The molecular weight excluding hydrogens is 398 g/mol. The van der Waals surface area contributed by atoms with Crippen molar-refractivity contribution in [3.63, 3.8) is 0 Å². The van der Waals surface area contributed by atoms with Gasteiger partial charge in [0.25, 0.3) is 10.0 Å². The third-order valence-electron chi connectivity index (χ3n) is 4.25. The van der Waals surface area contributed by atoms with Crippen molar-refractivity contribution < 1.29 is 27.2 Å². The van der Waals surface area contributed by atoms with Crippen molar-refractivity contribution in [1.82, 2.24) is 10.5 Å². The number of sulfonamides is 1. The molecule has 3 aromatic rings. The molecule has 154 valence electrons. The van der Waals surface area contributed by atoms with Crippen molar-refractivity contribution in [3.8, 4) is 5.75 Å². The maximum absolute atomic E-state index is 13.0. The van der Waals surface area contributed by atoms with Crippen molar-refractivity contribution in [3.05, 3.63) is 47.5 Å². The molecule has 29 heavy (non-hydrogen) atoms. The van der Waals surface area contributed by atoms with Crippen LogP contribution < -0.4 is 14.8 Å². The maximum Gasteiger partial charge on any atom is 0.407 e. The number of amides is 1. The molecule has 3 rings (SSSR count). The van der Waals surface area contributed by atoms with Gasteiger partial charge >= 0.3 is 6.09 Å². The Hall–Kier alpha value is -3.27. The molecule has 10 heteroatoms. The molecule has 0 aliphatic rings. The fraction of sp³-hybridized carbons (Fsp3) is 0.263. The number of carbonyl (C=O) groups excluding carboxylic acids is 1. The lowest BCUT2D eigenvalue weighted by Gasteiger charge is -2.12. The van der Waals surface area contributed by atoms with E-state index in [1.54, 1.807) is 30.3 Å². The minimum Gasteiger partial charge on any atom is -0.495 e. The van der Waals surface area contributed by atoms with Crippen molar-refractivity contribution >= 4 is 32.8 Å². The molecule has 9 nitrogen and oxygen atoms in total. The average Bonchev–Trinajstić information content (AvgIpc) is 3.15. The molecule has 1 amide bonds. The summed E-state index contributed by atoms with van der Waals surface area (Å²) in [7, 11) is -1.15. The summed E-state index contributed by atoms with van der Waals surface area (Å²) < 4.78 is 43.9. The second-order valence-electron chi connectivity index (χ2n) is 6.14. The molecular formula is C19H21N3O6S. The first-order valence-electron chi connectivity index (χ1n) is 8.80. The summed E-state index contributed by atoms with van der Waals surface area (Å²) in [4.78, 5) is 11.3. The normalized spacial score (nSPS) is 11.3. The molecule has 0 saturated carbocycles. The summed E-state index contributed by atoms with van der Waals surface area (Å²) in [5, 5.41) is 6.08. The zero-order valence-electron chi connectivity index (χ0n) is 16.2. The Morgan fingerprint density at radius 1 is 1.17 bits per heavy atom. The predicted molar refractivity (Wildman–Crippen MR) is 106 cm³/mol. The summed E-state index contributed by atoms with van der Waals surface area (Å²) >= 11 is 0. The van der Waals surface area contributed by atoms with Crippen LogP contribution in [0.4, 0.5) is 10.5 Å². The van der Waals surface area contributed by atoms with E-state index in [2.05, 4.69) is 15.2 Å². The minimum absolute atomic E-state index is 0.0277. The fourth-order valence-corrected chi connectivity index (χ4v) is 3.85. The molecule has 1 heterocycles. The molecule has 0 saturated heterocycles. The molecule has 1 aromatic heterocycles. The van der Waals surface area contributed by atoms with Gasteiger partial charge in [0.05, 0.1) is 18.2 Å². The number of carbonyl (C=O) groups is 1. The minimum atomic E-state index is -4.06. The lowest BCUT2D eigenvalue weighted by Crippen LogP contribution is -2.18. The molecule has 0 aliphatic heterocycles. The third-order valence-corrected chi connectivity index (χ3v) is 5.54. The largest absolute Gasteiger partial charge is 0.495 e. The number of benzene rings is 2. The Kier molecular flexibility index (Phi) is 5.92. The van der Waals surface area contributed by atoms with Crippen molar-refractivity contribution in [1.29, 1.82) is 0 Å². The number of fused-ring (bicyclic) bond motifs is 1. The van der Waals surface area contributed by atoms with Gasteiger partial charge in [0.1, 0.15) is 12.4 Å². The Morgan fingerprint density at radius 2 is 1.93 bits per heavy atom. The highest BCUT2D eigenvalue weighted by Gasteiger charge is 2.24. The number of nitrogens with zero attached hydrogens (tertiary/aromatic N) is 1. The monoisotopic (exact) mass is 419 g/mol. The first-order chi connectivity index (χ1) is 13.9. The first kappa shape index (κ1) is 20.5. The first-order valence-corrected chi connectivity index (χ1v) is 10.3. The zero-order chi connectivity index (χ0) is 21.0. The smallest absolute Gasteiger partial charge is 0.407 e. The highest BCUT2D eigenvalue weighted by molar-refractivity contribution is 7.92. The molecule has 0 unspecified atom stereocenters. The zero-order valence-corrected chi connectivity index (χ0v) is 17.0. The fourth-order valence-electron chi connectivity index (χ4n) is 2.72. The summed E-state index contributed by atoms with van der Waals surface area (Å²) in [6.07, 6.45) is 0.146. The molecule has 0 fully saturated rings. The molecule has 0 spiro atoms. The number of rotatable bonds is 7. The van der Waals surface area contributed by atoms with E-state index in [1.165, 1.54) is 14.2 Å². The number of anilines is 1. The summed E-state index contributed by atoms with van der Waals surface area (Å²) in [5.74, 6) is 0.387. The highest BCUT2D eigenvalue weighted by Crippen LogP contribution is 2.30. The number of alkyl carbamates (subject to hydrolysis) is 1. The van der Waals surface area contributed by atoms with Crippen LogP contribution in [-0.4, -0.2) is 33.8 Å². The second kappa shape index (κ2) is 8.39. The standard InChI is InChI=1S/C19H21N3O6S/c1-4-12-5-8-17(26-3)15(10-12)22-29(24,25)18-14-9-13(11-27-19(23)20-2)6-7-16(14)28-21-18/h5-10,22H,4,11H2,1-3H3,(H,20,23). The van der Waals surface area contributed by atoms with Gasteiger partial charge in [-0.15, -0.1) is 0 Å². The molecule has 2 N–H and O–H groups in total. The van der Waals surface area contributed by atoms with Gasteiger partial charge < -0.3 is 19.3 Å². The maximum atomic E-state index is 13.0. The van der Waals surface area contributed by atoms with Gasteiger partial charge in [-0.2, -0.15) is 8.42 Å². The Balaban J connectivity index is 1.95. The lowest BCUT2D eigenvalue weighted by molar-refractivity contribution is 0.142. The number of aryl methyl sites for hydroxylation is 1. The van der Waals surface area contributed by atoms with Crippen molar-refractivity contribution in [2.45, 2.75) is 25.0 Å². The number of hydrogen-bond donors (Lipinski definition) is 2. The van der Waals surface area contributed by atoms with Crippen LogP contribution in [0.5, 0.6) is 5.75 Å². The third kappa shape index (κ3) is 4.43. The van der Waals surface area contributed by atoms with Crippen LogP contribution in [0.2, 0.25) is 0 Å². The van der Waals surface area contributed by atoms with Crippen LogP contribution in [-0.2, 0) is 27.8 Å². The number of ether oxygens (including phenoxy) is 2. The van der Waals surface area contributed by atoms with Crippen LogP contribution in [0.25, 0.3) is 11.0 Å².